The van der Waals surface area contributed by atoms with Gasteiger partial charge in [-0.05, 0) is 47.7 Å². The van der Waals surface area contributed by atoms with Gasteiger partial charge in [-0.1, -0.05) is 18.2 Å². The maximum atomic E-state index is 13.2. The first-order valence-corrected chi connectivity index (χ1v) is 7.01. The van der Waals surface area contributed by atoms with Gasteiger partial charge in [-0.3, -0.25) is 0 Å². The monoisotopic (exact) mass is 290 g/mol. The minimum absolute atomic E-state index is 0.401. The summed E-state index contributed by atoms with van der Waals surface area (Å²) in [5, 5.41) is 10.1. The lowest BCUT2D eigenvalue weighted by molar-refractivity contribution is 0.167. The van der Waals surface area contributed by atoms with Crippen LogP contribution in [0.15, 0.2) is 36.4 Å². The number of aliphatic hydroxyl groups is 1. The number of rotatable bonds is 4. The number of hydrogen-bond acceptors (Lipinski definition) is 2. The van der Waals surface area contributed by atoms with E-state index in [0.717, 1.165) is 36.5 Å². The lowest BCUT2D eigenvalue weighted by atomic mass is 9.99. The first-order chi connectivity index (χ1) is 10.1. The number of aryl methyl sites for hydroxylation is 1. The van der Waals surface area contributed by atoms with E-state index in [1.54, 1.807) is 0 Å². The highest BCUT2D eigenvalue weighted by Crippen LogP contribution is 2.27. The summed E-state index contributed by atoms with van der Waals surface area (Å²) < 4.78 is 31.5. The molecule has 1 heterocycles. The van der Waals surface area contributed by atoms with Crippen molar-refractivity contribution in [1.82, 2.24) is 0 Å². The van der Waals surface area contributed by atoms with Gasteiger partial charge in [0.1, 0.15) is 5.75 Å². The molecule has 0 radical (unpaired) electrons. The molecule has 3 rings (SSSR count). The number of ether oxygens (including phenoxy) is 1. The van der Waals surface area contributed by atoms with Crippen LogP contribution in [0, 0.1) is 11.6 Å². The van der Waals surface area contributed by atoms with Crippen LogP contribution in [-0.4, -0.2) is 11.7 Å². The predicted octanol–water partition coefficient (Wildman–Crippen LogP) is 3.57. The minimum Gasteiger partial charge on any atom is -0.493 e. The van der Waals surface area contributed by atoms with Crippen molar-refractivity contribution < 1.29 is 18.6 Å². The Labute approximate surface area is 122 Å². The molecule has 2 aromatic rings. The second kappa shape index (κ2) is 5.82. The van der Waals surface area contributed by atoms with Gasteiger partial charge in [-0.15, -0.1) is 0 Å². The Balaban J connectivity index is 1.65. The second-order valence-corrected chi connectivity index (χ2v) is 5.27. The van der Waals surface area contributed by atoms with Gasteiger partial charge in [0, 0.05) is 6.42 Å². The van der Waals surface area contributed by atoms with E-state index in [-0.39, 0.29) is 0 Å². The topological polar surface area (TPSA) is 29.5 Å². The van der Waals surface area contributed by atoms with Crippen LogP contribution in [-0.2, 0) is 12.8 Å². The van der Waals surface area contributed by atoms with Gasteiger partial charge in [-0.25, -0.2) is 8.78 Å². The Morgan fingerprint density at radius 1 is 1.10 bits per heavy atom. The molecule has 4 heteroatoms. The van der Waals surface area contributed by atoms with Gasteiger partial charge in [-0.2, -0.15) is 0 Å². The summed E-state index contributed by atoms with van der Waals surface area (Å²) in [4.78, 5) is 0. The summed E-state index contributed by atoms with van der Waals surface area (Å²) in [7, 11) is 0. The third-order valence-electron chi connectivity index (χ3n) is 3.79. The van der Waals surface area contributed by atoms with Gasteiger partial charge in [0.15, 0.2) is 11.6 Å². The Kier molecular flexibility index (Phi) is 3.88. The number of halogens is 2. The van der Waals surface area contributed by atoms with Crippen molar-refractivity contribution in [1.29, 1.82) is 0 Å². The summed E-state index contributed by atoms with van der Waals surface area (Å²) >= 11 is 0. The quantitative estimate of drug-likeness (QED) is 0.933. The fourth-order valence-electron chi connectivity index (χ4n) is 2.59. The van der Waals surface area contributed by atoms with Crippen LogP contribution in [0.4, 0.5) is 8.78 Å². The molecule has 21 heavy (non-hydrogen) atoms. The maximum absolute atomic E-state index is 13.2. The Morgan fingerprint density at radius 3 is 2.76 bits per heavy atom. The molecular weight excluding hydrogens is 274 g/mol. The smallest absolute Gasteiger partial charge is 0.159 e. The maximum Gasteiger partial charge on any atom is 0.159 e. The van der Waals surface area contributed by atoms with Crippen molar-refractivity contribution >= 4 is 0 Å². The highest BCUT2D eigenvalue weighted by atomic mass is 19.2. The molecule has 1 unspecified atom stereocenters. The van der Waals surface area contributed by atoms with Crippen molar-refractivity contribution in [3.63, 3.8) is 0 Å². The number of aliphatic hydroxyl groups excluding tert-OH is 1. The van der Waals surface area contributed by atoms with Crippen LogP contribution in [0.2, 0.25) is 0 Å². The molecule has 0 amide bonds. The van der Waals surface area contributed by atoms with E-state index in [0.29, 0.717) is 18.4 Å². The molecule has 1 aliphatic rings. The molecule has 1 atom stereocenters. The summed E-state index contributed by atoms with van der Waals surface area (Å²) in [6.45, 7) is 0.719. The van der Waals surface area contributed by atoms with Gasteiger partial charge in [0.2, 0.25) is 0 Å². The average molecular weight is 290 g/mol. The van der Waals surface area contributed by atoms with E-state index in [2.05, 4.69) is 6.07 Å². The first kappa shape index (κ1) is 14.0. The summed E-state index contributed by atoms with van der Waals surface area (Å²) in [6, 6.07) is 9.51. The van der Waals surface area contributed by atoms with Crippen LogP contribution in [0.1, 0.15) is 29.2 Å². The number of benzene rings is 2. The molecule has 0 aliphatic carbocycles. The van der Waals surface area contributed by atoms with Crippen LogP contribution >= 0.6 is 0 Å². The van der Waals surface area contributed by atoms with Gasteiger partial charge >= 0.3 is 0 Å². The zero-order chi connectivity index (χ0) is 14.8. The minimum atomic E-state index is -0.929. The van der Waals surface area contributed by atoms with E-state index in [4.69, 9.17) is 4.74 Å². The Morgan fingerprint density at radius 2 is 1.95 bits per heavy atom. The highest BCUT2D eigenvalue weighted by molar-refractivity contribution is 5.39. The van der Waals surface area contributed by atoms with Crippen LogP contribution in [0.5, 0.6) is 5.75 Å². The molecule has 2 aromatic carbocycles. The molecule has 1 N–H and O–H groups in total. The van der Waals surface area contributed by atoms with Crippen molar-refractivity contribution in [2.75, 3.05) is 6.61 Å². The Hall–Kier alpha value is -1.94. The normalized spacial score (nSPS) is 14.6. The molecule has 0 saturated heterocycles. The molecule has 0 bridgehead atoms. The molecule has 0 spiro atoms. The van der Waals surface area contributed by atoms with Crippen LogP contribution < -0.4 is 4.74 Å². The first-order valence-electron chi connectivity index (χ1n) is 7.01. The highest BCUT2D eigenvalue weighted by Gasteiger charge is 2.14. The van der Waals surface area contributed by atoms with E-state index in [1.807, 2.05) is 12.1 Å². The van der Waals surface area contributed by atoms with Crippen LogP contribution in [0.3, 0.4) is 0 Å². The van der Waals surface area contributed by atoms with Crippen molar-refractivity contribution in [2.24, 2.45) is 0 Å². The lowest BCUT2D eigenvalue weighted by Crippen LogP contribution is -2.01. The van der Waals surface area contributed by atoms with E-state index < -0.39 is 17.7 Å². The zero-order valence-electron chi connectivity index (χ0n) is 11.5. The van der Waals surface area contributed by atoms with E-state index in [9.17, 15) is 13.9 Å². The largest absolute Gasteiger partial charge is 0.493 e. The zero-order valence-corrected chi connectivity index (χ0v) is 11.5. The SMILES string of the molecule is OC(CCc1ccc2c(c1)CCO2)c1ccc(F)c(F)c1. The van der Waals surface area contributed by atoms with Crippen molar-refractivity contribution in [3.05, 3.63) is 64.7 Å². The fraction of sp³-hybridized carbons (Fsp3) is 0.294. The van der Waals surface area contributed by atoms with E-state index >= 15 is 0 Å². The van der Waals surface area contributed by atoms with E-state index in [1.165, 1.54) is 11.6 Å². The molecule has 0 saturated carbocycles. The summed E-state index contributed by atoms with van der Waals surface area (Å²) in [5.41, 5.74) is 2.70. The number of fused-ring (bicyclic) bond motifs is 1. The Bertz CT molecular complexity index is 655. The average Bonchev–Trinajstić information content (AvgIpc) is 2.95. The van der Waals surface area contributed by atoms with Crippen molar-refractivity contribution in [2.45, 2.75) is 25.4 Å². The van der Waals surface area contributed by atoms with Gasteiger partial charge in [0.05, 0.1) is 12.7 Å². The fourth-order valence-corrected chi connectivity index (χ4v) is 2.59. The molecule has 1 aliphatic heterocycles. The molecule has 0 aromatic heterocycles. The van der Waals surface area contributed by atoms with Crippen molar-refractivity contribution in [3.8, 4) is 5.75 Å². The molecule has 110 valence electrons. The molecule has 2 nitrogen and oxygen atoms in total. The van der Waals surface area contributed by atoms with Crippen LogP contribution in [0.25, 0.3) is 0 Å². The molecular formula is C17H16F2O2. The third kappa shape index (κ3) is 3.05. The van der Waals surface area contributed by atoms with Gasteiger partial charge < -0.3 is 9.84 Å². The molecule has 0 fully saturated rings. The second-order valence-electron chi connectivity index (χ2n) is 5.27. The lowest BCUT2D eigenvalue weighted by Gasteiger charge is -2.12. The third-order valence-corrected chi connectivity index (χ3v) is 3.79. The summed E-state index contributed by atoms with van der Waals surface area (Å²) in [6.07, 6.45) is 1.25. The standard InChI is InChI=1S/C17H16F2O2/c18-14-4-3-12(10-15(14)19)16(20)5-1-11-2-6-17-13(9-11)7-8-21-17/h2-4,6,9-10,16,20H,1,5,7-8H2. The van der Waals surface area contributed by atoms with Gasteiger partial charge in [0.25, 0.3) is 0 Å². The predicted molar refractivity (Wildman–Crippen MR) is 75.3 cm³/mol. The number of hydrogen-bond donors (Lipinski definition) is 1. The summed E-state index contributed by atoms with van der Waals surface area (Å²) in [5.74, 6) is -0.897.